The molecule has 0 N–H and O–H groups in total. The number of halogens is 3. The molecule has 4 heteroatoms. The van der Waals surface area contributed by atoms with Crippen molar-refractivity contribution >= 4 is 34.8 Å². The molecule has 1 aromatic rings. The quantitative estimate of drug-likeness (QED) is 0.683. The van der Waals surface area contributed by atoms with Gasteiger partial charge in [0.2, 0.25) is 0 Å². The summed E-state index contributed by atoms with van der Waals surface area (Å²) in [4.78, 5) is 3.38. The van der Waals surface area contributed by atoms with Crippen LogP contribution in [0.3, 0.4) is 0 Å². The smallest absolute Gasteiger partial charge is 0.129 e. The predicted molar refractivity (Wildman–Crippen MR) is 48.3 cm³/mol. The highest BCUT2D eigenvalue weighted by atomic mass is 35.5. The van der Waals surface area contributed by atoms with E-state index in [1.165, 1.54) is 0 Å². The van der Waals surface area contributed by atoms with Gasteiger partial charge in [-0.1, -0.05) is 6.07 Å². The van der Waals surface area contributed by atoms with Crippen molar-refractivity contribution in [1.29, 1.82) is 0 Å². The van der Waals surface area contributed by atoms with E-state index in [4.69, 9.17) is 34.8 Å². The van der Waals surface area contributed by atoms with Crippen LogP contribution in [0.1, 0.15) is 11.1 Å². The second-order valence-corrected chi connectivity index (χ2v) is 3.62. The van der Waals surface area contributed by atoms with Crippen molar-refractivity contribution in [3.63, 3.8) is 0 Å². The highest BCUT2D eigenvalue weighted by molar-refractivity contribution is 6.48. The summed E-state index contributed by atoms with van der Waals surface area (Å²) in [6.45, 7) is 0. The van der Waals surface area contributed by atoms with Gasteiger partial charge in [-0.15, -0.1) is 34.8 Å². The molecule has 0 spiro atoms. The Hall–Kier alpha value is 0.0200. The molecule has 11 heavy (non-hydrogen) atoms. The van der Waals surface area contributed by atoms with Gasteiger partial charge in [-0.2, -0.15) is 0 Å². The van der Waals surface area contributed by atoms with E-state index in [-0.39, 0.29) is 0 Å². The number of hydrogen-bond acceptors (Lipinski definition) is 1. The van der Waals surface area contributed by atoms with Crippen molar-refractivity contribution < 1.29 is 0 Å². The fourth-order valence-corrected chi connectivity index (χ4v) is 1.06. The number of nitrogens with zero attached hydrogens (tertiary/aromatic N) is 1. The third-order valence-electron chi connectivity index (χ3n) is 1.19. The van der Waals surface area contributed by atoms with Gasteiger partial charge in [0.15, 0.2) is 0 Å². The third kappa shape index (κ3) is 2.51. The Bertz CT molecular complexity index is 212. The minimum atomic E-state index is -0.619. The van der Waals surface area contributed by atoms with Gasteiger partial charge in [-0.3, -0.25) is 4.98 Å². The SMILES string of the molecule is ClC(Cl)C(Cl)c1ccccn1. The summed E-state index contributed by atoms with van der Waals surface area (Å²) >= 11 is 16.9. The molecule has 0 bridgehead atoms. The van der Waals surface area contributed by atoms with E-state index >= 15 is 0 Å². The van der Waals surface area contributed by atoms with Gasteiger partial charge in [-0.05, 0) is 12.1 Å². The molecule has 0 aliphatic heterocycles. The molecule has 1 aromatic heterocycles. The molecule has 1 heterocycles. The highest BCUT2D eigenvalue weighted by Crippen LogP contribution is 2.28. The van der Waals surface area contributed by atoms with E-state index in [2.05, 4.69) is 4.98 Å². The topological polar surface area (TPSA) is 12.9 Å². The van der Waals surface area contributed by atoms with Crippen LogP contribution in [0.25, 0.3) is 0 Å². The van der Waals surface area contributed by atoms with Crippen LogP contribution in [-0.2, 0) is 0 Å². The first-order valence-electron chi connectivity index (χ1n) is 3.05. The standard InChI is InChI=1S/C7H6Cl3N/c8-6(7(9)10)5-3-1-2-4-11-5/h1-4,6-7H. The highest BCUT2D eigenvalue weighted by Gasteiger charge is 2.16. The average molecular weight is 210 g/mol. The Morgan fingerprint density at radius 3 is 2.36 bits per heavy atom. The Labute approximate surface area is 80.3 Å². The van der Waals surface area contributed by atoms with Gasteiger partial charge in [0.25, 0.3) is 0 Å². The van der Waals surface area contributed by atoms with Gasteiger partial charge in [0.1, 0.15) is 10.2 Å². The zero-order chi connectivity index (χ0) is 8.27. The zero-order valence-electron chi connectivity index (χ0n) is 5.55. The first-order valence-corrected chi connectivity index (χ1v) is 4.36. The zero-order valence-corrected chi connectivity index (χ0v) is 7.81. The number of rotatable bonds is 2. The van der Waals surface area contributed by atoms with Crippen molar-refractivity contribution in [2.45, 2.75) is 10.2 Å². The molecule has 0 saturated carbocycles. The molecular formula is C7H6Cl3N. The number of alkyl halides is 3. The van der Waals surface area contributed by atoms with Crippen molar-refractivity contribution in [2.75, 3.05) is 0 Å². The lowest BCUT2D eigenvalue weighted by atomic mass is 10.3. The van der Waals surface area contributed by atoms with Crippen molar-refractivity contribution in [3.05, 3.63) is 30.1 Å². The summed E-state index contributed by atoms with van der Waals surface area (Å²) < 4.78 is 0. The van der Waals surface area contributed by atoms with Gasteiger partial charge < -0.3 is 0 Å². The normalized spacial score (nSPS) is 13.5. The van der Waals surface area contributed by atoms with Crippen molar-refractivity contribution in [3.8, 4) is 0 Å². The lowest BCUT2D eigenvalue weighted by molar-refractivity contribution is 0.963. The minimum absolute atomic E-state index is 0.431. The lowest BCUT2D eigenvalue weighted by Gasteiger charge is -2.07. The number of aromatic nitrogens is 1. The van der Waals surface area contributed by atoms with Crippen LogP contribution in [-0.4, -0.2) is 9.82 Å². The fraction of sp³-hybridized carbons (Fsp3) is 0.286. The van der Waals surface area contributed by atoms with Crippen LogP contribution in [0.15, 0.2) is 24.4 Å². The third-order valence-corrected chi connectivity index (χ3v) is 2.43. The number of pyridine rings is 1. The lowest BCUT2D eigenvalue weighted by Crippen LogP contribution is -2.01. The van der Waals surface area contributed by atoms with Gasteiger partial charge in [0.05, 0.1) is 5.69 Å². The molecule has 60 valence electrons. The van der Waals surface area contributed by atoms with Crippen LogP contribution in [0.5, 0.6) is 0 Å². The van der Waals surface area contributed by atoms with Crippen LogP contribution in [0.2, 0.25) is 0 Å². The Balaban J connectivity index is 2.77. The van der Waals surface area contributed by atoms with Crippen LogP contribution in [0, 0.1) is 0 Å². The maximum Gasteiger partial charge on any atom is 0.129 e. The van der Waals surface area contributed by atoms with E-state index in [1.54, 1.807) is 12.3 Å². The Morgan fingerprint density at radius 1 is 1.18 bits per heavy atom. The number of hydrogen-bond donors (Lipinski definition) is 0. The minimum Gasteiger partial charge on any atom is -0.260 e. The van der Waals surface area contributed by atoms with E-state index in [9.17, 15) is 0 Å². The second-order valence-electron chi connectivity index (χ2n) is 1.99. The molecular weight excluding hydrogens is 204 g/mol. The maximum absolute atomic E-state index is 5.81. The molecule has 0 amide bonds. The maximum atomic E-state index is 5.81. The molecule has 0 aliphatic carbocycles. The summed E-state index contributed by atoms with van der Waals surface area (Å²) in [5.74, 6) is 0. The molecule has 1 unspecified atom stereocenters. The van der Waals surface area contributed by atoms with E-state index < -0.39 is 10.2 Å². The Morgan fingerprint density at radius 2 is 1.91 bits per heavy atom. The average Bonchev–Trinajstić information content (AvgIpc) is 2.05. The van der Waals surface area contributed by atoms with Crippen LogP contribution < -0.4 is 0 Å². The van der Waals surface area contributed by atoms with Gasteiger partial charge in [-0.25, -0.2) is 0 Å². The summed E-state index contributed by atoms with van der Waals surface area (Å²) in [6, 6.07) is 5.44. The summed E-state index contributed by atoms with van der Waals surface area (Å²) in [6.07, 6.45) is 1.65. The summed E-state index contributed by atoms with van der Waals surface area (Å²) in [5, 5.41) is -0.431. The molecule has 0 aromatic carbocycles. The largest absolute Gasteiger partial charge is 0.260 e. The van der Waals surface area contributed by atoms with Gasteiger partial charge >= 0.3 is 0 Å². The molecule has 0 aliphatic rings. The predicted octanol–water partition coefficient (Wildman–Crippen LogP) is 3.17. The van der Waals surface area contributed by atoms with Crippen molar-refractivity contribution in [1.82, 2.24) is 4.98 Å². The Kier molecular flexibility index (Phi) is 3.44. The summed E-state index contributed by atoms with van der Waals surface area (Å²) in [5.41, 5.74) is 0.698. The summed E-state index contributed by atoms with van der Waals surface area (Å²) in [7, 11) is 0. The molecule has 1 nitrogen and oxygen atoms in total. The monoisotopic (exact) mass is 209 g/mol. The van der Waals surface area contributed by atoms with Crippen LogP contribution >= 0.6 is 34.8 Å². The molecule has 0 radical (unpaired) electrons. The molecule has 1 rings (SSSR count). The van der Waals surface area contributed by atoms with E-state index in [1.807, 2.05) is 12.1 Å². The fourth-order valence-electron chi connectivity index (χ4n) is 0.668. The van der Waals surface area contributed by atoms with Gasteiger partial charge in [0, 0.05) is 6.20 Å². The van der Waals surface area contributed by atoms with Crippen LogP contribution in [0.4, 0.5) is 0 Å². The first kappa shape index (κ1) is 9.11. The van der Waals surface area contributed by atoms with E-state index in [0.717, 1.165) is 0 Å². The molecule has 0 saturated heterocycles. The first-order chi connectivity index (χ1) is 5.22. The second kappa shape index (κ2) is 4.15. The van der Waals surface area contributed by atoms with E-state index in [0.29, 0.717) is 5.69 Å². The van der Waals surface area contributed by atoms with Crippen molar-refractivity contribution in [2.24, 2.45) is 0 Å². The molecule has 1 atom stereocenters. The molecule has 0 fully saturated rings.